The average Bonchev–Trinajstić information content (AvgIpc) is 3.22. The third-order valence-corrected chi connectivity index (χ3v) is 6.43. The van der Waals surface area contributed by atoms with Crippen LogP contribution in [0.5, 0.6) is 0 Å². The molecule has 3 atom stereocenters. The van der Waals surface area contributed by atoms with Crippen LogP contribution in [0.1, 0.15) is 29.7 Å². The van der Waals surface area contributed by atoms with E-state index in [0.29, 0.717) is 17.1 Å². The molecule has 1 amide bonds. The predicted molar refractivity (Wildman–Crippen MR) is 122 cm³/mol. The number of nitrogens with one attached hydrogen (secondary N) is 1. The van der Waals surface area contributed by atoms with Crippen molar-refractivity contribution in [1.82, 2.24) is 19.7 Å². The molecule has 1 saturated carbocycles. The minimum Gasteiger partial charge on any atom is -0.310 e. The van der Waals surface area contributed by atoms with Crippen LogP contribution in [0.2, 0.25) is 0 Å². The Morgan fingerprint density at radius 2 is 2.00 bits per heavy atom. The highest BCUT2D eigenvalue weighted by Gasteiger charge is 2.52. The summed E-state index contributed by atoms with van der Waals surface area (Å²) in [6, 6.07) is 8.68. The van der Waals surface area contributed by atoms with Gasteiger partial charge < -0.3 is 5.32 Å². The van der Waals surface area contributed by atoms with Gasteiger partial charge in [0.2, 0.25) is 5.91 Å². The number of pyridine rings is 2. The van der Waals surface area contributed by atoms with Crippen molar-refractivity contribution in [2.75, 3.05) is 5.32 Å². The number of halogens is 1. The van der Waals surface area contributed by atoms with E-state index in [1.54, 1.807) is 16.9 Å². The van der Waals surface area contributed by atoms with Crippen molar-refractivity contribution in [3.63, 3.8) is 0 Å². The molecule has 0 saturated heterocycles. The second kappa shape index (κ2) is 7.51. The van der Waals surface area contributed by atoms with Gasteiger partial charge in [-0.1, -0.05) is 19.1 Å². The van der Waals surface area contributed by atoms with Gasteiger partial charge in [0.15, 0.2) is 0 Å². The summed E-state index contributed by atoms with van der Waals surface area (Å²) in [6.45, 7) is 5.83. The van der Waals surface area contributed by atoms with Gasteiger partial charge in [-0.3, -0.25) is 14.5 Å². The molecule has 1 aliphatic rings. The average molecular weight is 429 g/mol. The van der Waals surface area contributed by atoms with Crippen molar-refractivity contribution < 1.29 is 9.18 Å². The van der Waals surface area contributed by atoms with E-state index >= 15 is 0 Å². The molecule has 0 radical (unpaired) electrons. The number of fused-ring (bicyclic) bond motifs is 1. The van der Waals surface area contributed by atoms with Crippen molar-refractivity contribution in [1.29, 1.82) is 0 Å². The quantitative estimate of drug-likeness (QED) is 0.507. The van der Waals surface area contributed by atoms with Crippen LogP contribution in [0.3, 0.4) is 0 Å². The number of carbonyl (C=O) groups excluding carboxylic acids is 1. The fraction of sp³-hybridized carbons (Fsp3) is 0.280. The third kappa shape index (κ3) is 3.43. The van der Waals surface area contributed by atoms with Gasteiger partial charge in [0.1, 0.15) is 11.6 Å². The zero-order valence-corrected chi connectivity index (χ0v) is 18.4. The van der Waals surface area contributed by atoms with Crippen LogP contribution < -0.4 is 5.32 Å². The summed E-state index contributed by atoms with van der Waals surface area (Å²) in [6.07, 6.45) is 5.50. The lowest BCUT2D eigenvalue weighted by Gasteiger charge is -2.11. The first-order chi connectivity index (χ1) is 15.3. The maximum atomic E-state index is 14.5. The Kier molecular flexibility index (Phi) is 4.77. The van der Waals surface area contributed by atoms with E-state index in [-0.39, 0.29) is 29.5 Å². The maximum absolute atomic E-state index is 14.5. The van der Waals surface area contributed by atoms with Crippen LogP contribution in [-0.4, -0.2) is 25.7 Å². The zero-order valence-electron chi connectivity index (χ0n) is 18.4. The summed E-state index contributed by atoms with van der Waals surface area (Å²) in [5, 5.41) is 8.90. The Balaban J connectivity index is 1.44. The first-order valence-corrected chi connectivity index (χ1v) is 10.7. The van der Waals surface area contributed by atoms with E-state index in [0.717, 1.165) is 27.6 Å². The van der Waals surface area contributed by atoms with Crippen molar-refractivity contribution in [2.24, 2.45) is 18.9 Å². The maximum Gasteiger partial charge on any atom is 0.229 e. The minimum atomic E-state index is -0.303. The molecule has 162 valence electrons. The van der Waals surface area contributed by atoms with Crippen LogP contribution in [0.4, 0.5) is 10.2 Å². The number of hydrogen-bond acceptors (Lipinski definition) is 4. The highest BCUT2D eigenvalue weighted by molar-refractivity contribution is 5.97. The molecule has 1 aromatic carbocycles. The lowest BCUT2D eigenvalue weighted by atomic mass is 10.0. The van der Waals surface area contributed by atoms with Gasteiger partial charge in [-0.15, -0.1) is 0 Å². The lowest BCUT2D eigenvalue weighted by molar-refractivity contribution is -0.117. The fourth-order valence-electron chi connectivity index (χ4n) is 4.66. The molecular weight excluding hydrogens is 405 g/mol. The number of anilines is 1. The second-order valence-electron chi connectivity index (χ2n) is 8.66. The predicted octanol–water partition coefficient (Wildman–Crippen LogP) is 4.77. The molecule has 0 bridgehead atoms. The van der Waals surface area contributed by atoms with Gasteiger partial charge in [0.05, 0.1) is 11.9 Å². The number of hydrogen-bond donors (Lipinski definition) is 1. The van der Waals surface area contributed by atoms with Gasteiger partial charge in [-0.2, -0.15) is 5.10 Å². The first-order valence-electron chi connectivity index (χ1n) is 10.7. The Bertz CT molecular complexity index is 1340. The Labute approximate surface area is 185 Å². The SMILES string of the molecule is Cc1cccc(F)c1-c1cc2cc(NC(=O)[C@H]3C(C)[C@@H]3c3cnn(C)c3)ncc2c(C)n1. The number of nitrogens with zero attached hydrogens (tertiary/aromatic N) is 4. The van der Waals surface area contributed by atoms with Gasteiger partial charge in [-0.05, 0) is 54.5 Å². The third-order valence-electron chi connectivity index (χ3n) is 6.43. The van der Waals surface area contributed by atoms with E-state index < -0.39 is 0 Å². The standard InChI is InChI=1S/C25H24FN5O/c1-13-6-5-7-19(26)22(13)20-8-16-9-21(27-11-18(16)15(3)29-20)30-25(32)24-14(2)23(24)17-10-28-31(4)12-17/h5-12,14,23-24H,1-4H3,(H,27,30,32)/t14?,23-,24+/m1/s1. The van der Waals surface area contributed by atoms with E-state index in [2.05, 4.69) is 27.3 Å². The molecule has 32 heavy (non-hydrogen) atoms. The topological polar surface area (TPSA) is 72.7 Å². The van der Waals surface area contributed by atoms with Crippen molar-refractivity contribution in [3.8, 4) is 11.3 Å². The van der Waals surface area contributed by atoms with Crippen molar-refractivity contribution in [3.05, 3.63) is 71.6 Å². The number of aryl methyl sites for hydroxylation is 3. The number of aromatic nitrogens is 4. The van der Waals surface area contributed by atoms with E-state index in [4.69, 9.17) is 0 Å². The van der Waals surface area contributed by atoms with Crippen LogP contribution in [0.25, 0.3) is 22.0 Å². The molecule has 0 aliphatic heterocycles. The summed E-state index contributed by atoms with van der Waals surface area (Å²) < 4.78 is 16.3. The molecule has 0 spiro atoms. The lowest BCUT2D eigenvalue weighted by Crippen LogP contribution is -2.16. The largest absolute Gasteiger partial charge is 0.310 e. The minimum absolute atomic E-state index is 0.0471. The molecular formula is C25H24FN5O. The zero-order chi connectivity index (χ0) is 22.6. The summed E-state index contributed by atoms with van der Waals surface area (Å²) in [5.74, 6) is 0.450. The van der Waals surface area contributed by atoms with Crippen LogP contribution >= 0.6 is 0 Å². The number of rotatable bonds is 4. The second-order valence-corrected chi connectivity index (χ2v) is 8.66. The fourth-order valence-corrected chi connectivity index (χ4v) is 4.66. The molecule has 1 N–H and O–H groups in total. The number of amides is 1. The number of carbonyl (C=O) groups is 1. The van der Waals surface area contributed by atoms with E-state index in [1.165, 1.54) is 6.07 Å². The molecule has 3 heterocycles. The molecule has 1 aliphatic carbocycles. The molecule has 1 fully saturated rings. The summed E-state index contributed by atoms with van der Waals surface area (Å²) in [5.41, 5.74) is 3.73. The normalized spacial score (nSPS) is 19.8. The van der Waals surface area contributed by atoms with Crippen molar-refractivity contribution in [2.45, 2.75) is 26.7 Å². The Morgan fingerprint density at radius 3 is 2.72 bits per heavy atom. The summed E-state index contributed by atoms with van der Waals surface area (Å²) in [7, 11) is 1.87. The summed E-state index contributed by atoms with van der Waals surface area (Å²) >= 11 is 0. The highest BCUT2D eigenvalue weighted by atomic mass is 19.1. The molecule has 4 aromatic rings. The highest BCUT2D eigenvalue weighted by Crippen LogP contribution is 2.54. The molecule has 3 aromatic heterocycles. The monoisotopic (exact) mass is 429 g/mol. The smallest absolute Gasteiger partial charge is 0.229 e. The van der Waals surface area contributed by atoms with Crippen molar-refractivity contribution >= 4 is 22.5 Å². The molecule has 7 heteroatoms. The van der Waals surface area contributed by atoms with Gasteiger partial charge in [0.25, 0.3) is 0 Å². The van der Waals surface area contributed by atoms with Gasteiger partial charge in [-0.25, -0.2) is 9.37 Å². The van der Waals surface area contributed by atoms with E-state index in [9.17, 15) is 9.18 Å². The van der Waals surface area contributed by atoms with Crippen LogP contribution in [0, 0.1) is 31.5 Å². The number of benzene rings is 1. The Hall–Kier alpha value is -3.61. The van der Waals surface area contributed by atoms with Crippen LogP contribution in [0.15, 0.2) is 48.9 Å². The summed E-state index contributed by atoms with van der Waals surface area (Å²) in [4.78, 5) is 21.9. The van der Waals surface area contributed by atoms with Crippen LogP contribution in [-0.2, 0) is 11.8 Å². The molecule has 5 rings (SSSR count). The molecule has 6 nitrogen and oxygen atoms in total. The Morgan fingerprint density at radius 1 is 1.19 bits per heavy atom. The first kappa shape index (κ1) is 20.3. The molecule has 1 unspecified atom stereocenters. The van der Waals surface area contributed by atoms with Gasteiger partial charge in [0, 0.05) is 47.9 Å². The van der Waals surface area contributed by atoms with Gasteiger partial charge >= 0.3 is 0 Å². The van der Waals surface area contributed by atoms with E-state index in [1.807, 2.05) is 51.5 Å².